The Morgan fingerprint density at radius 3 is 2.31 bits per heavy atom. The van der Waals surface area contributed by atoms with E-state index in [-0.39, 0.29) is 0 Å². The normalized spacial score (nSPS) is 13.3. The van der Waals surface area contributed by atoms with Gasteiger partial charge in [-0.1, -0.05) is 50.2 Å². The fourth-order valence-corrected chi connectivity index (χ4v) is 1.63. The lowest BCUT2D eigenvalue weighted by Crippen LogP contribution is -2.01. The van der Waals surface area contributed by atoms with E-state index in [0.29, 0.717) is 11.8 Å². The van der Waals surface area contributed by atoms with Crippen molar-refractivity contribution < 1.29 is 4.84 Å². The van der Waals surface area contributed by atoms with E-state index in [2.05, 4.69) is 55.0 Å². The van der Waals surface area contributed by atoms with Crippen LogP contribution in [0.2, 0.25) is 0 Å². The van der Waals surface area contributed by atoms with E-state index < -0.39 is 0 Å². The maximum atomic E-state index is 4.67. The average Bonchev–Trinajstić information content (AvgIpc) is 2.27. The number of nitrogens with zero attached hydrogens (tertiary/aromatic N) is 1. The third-order valence-corrected chi connectivity index (χ3v) is 2.62. The van der Waals surface area contributed by atoms with Crippen LogP contribution in [0.1, 0.15) is 37.8 Å². The van der Waals surface area contributed by atoms with E-state index in [0.717, 1.165) is 6.42 Å². The summed E-state index contributed by atoms with van der Waals surface area (Å²) in [5, 5.41) is 3.79. The molecule has 0 fully saturated rings. The highest BCUT2D eigenvalue weighted by atomic mass is 16.6. The van der Waals surface area contributed by atoms with Gasteiger partial charge in [-0.2, -0.15) is 0 Å². The fraction of sp³-hybridized carbons (Fsp3) is 0.500. The standard InChI is InChI=1S/C14H21NO/c1-11(2)14-7-5-13(6-8-14)9-12(3)10-15-16-4/h5-8,10-12H,9H2,1-4H3/b15-10-. The highest BCUT2D eigenvalue weighted by Gasteiger charge is 2.02. The third-order valence-electron chi connectivity index (χ3n) is 2.62. The van der Waals surface area contributed by atoms with Crippen molar-refractivity contribution in [2.75, 3.05) is 7.11 Å². The van der Waals surface area contributed by atoms with Gasteiger partial charge in [-0.25, -0.2) is 0 Å². The molecule has 0 radical (unpaired) electrons. The van der Waals surface area contributed by atoms with Crippen LogP contribution in [0.5, 0.6) is 0 Å². The molecule has 1 atom stereocenters. The molecule has 0 aliphatic carbocycles. The number of benzene rings is 1. The Kier molecular flexibility index (Phi) is 5.03. The first kappa shape index (κ1) is 12.8. The molecule has 0 bridgehead atoms. The zero-order chi connectivity index (χ0) is 12.0. The van der Waals surface area contributed by atoms with Crippen molar-refractivity contribution in [3.8, 4) is 0 Å². The second kappa shape index (κ2) is 6.31. The van der Waals surface area contributed by atoms with Crippen LogP contribution in [0.15, 0.2) is 29.4 Å². The molecular weight excluding hydrogens is 198 g/mol. The van der Waals surface area contributed by atoms with E-state index in [1.807, 2.05) is 6.21 Å². The Morgan fingerprint density at radius 1 is 1.19 bits per heavy atom. The van der Waals surface area contributed by atoms with Gasteiger partial charge < -0.3 is 4.84 Å². The molecular formula is C14H21NO. The van der Waals surface area contributed by atoms with Crippen LogP contribution in [0.3, 0.4) is 0 Å². The molecule has 0 aliphatic heterocycles. The van der Waals surface area contributed by atoms with Gasteiger partial charge in [-0.3, -0.25) is 0 Å². The van der Waals surface area contributed by atoms with Crippen molar-refractivity contribution in [1.82, 2.24) is 0 Å². The largest absolute Gasteiger partial charge is 0.399 e. The van der Waals surface area contributed by atoms with E-state index in [1.165, 1.54) is 11.1 Å². The van der Waals surface area contributed by atoms with Crippen LogP contribution in [0, 0.1) is 5.92 Å². The molecule has 0 heterocycles. The Bertz CT molecular complexity index is 327. The molecule has 0 saturated carbocycles. The molecule has 0 N–H and O–H groups in total. The number of hydrogen-bond donors (Lipinski definition) is 0. The summed E-state index contributed by atoms with van der Waals surface area (Å²) < 4.78 is 0. The molecule has 1 aromatic rings. The van der Waals surface area contributed by atoms with Gasteiger partial charge in [-0.15, -0.1) is 0 Å². The molecule has 1 aromatic carbocycles. The summed E-state index contributed by atoms with van der Waals surface area (Å²) in [5.74, 6) is 1.01. The summed E-state index contributed by atoms with van der Waals surface area (Å²) in [6.07, 6.45) is 2.85. The van der Waals surface area contributed by atoms with Crippen molar-refractivity contribution >= 4 is 6.21 Å². The number of rotatable bonds is 5. The van der Waals surface area contributed by atoms with Crippen LogP contribution in [-0.4, -0.2) is 13.3 Å². The Morgan fingerprint density at radius 2 is 1.81 bits per heavy atom. The minimum absolute atomic E-state index is 0.407. The van der Waals surface area contributed by atoms with Gasteiger partial charge in [0.2, 0.25) is 0 Å². The predicted octanol–water partition coefficient (Wildman–Crippen LogP) is 3.62. The molecule has 0 amide bonds. The zero-order valence-electron chi connectivity index (χ0n) is 10.6. The monoisotopic (exact) mass is 219 g/mol. The van der Waals surface area contributed by atoms with E-state index in [9.17, 15) is 0 Å². The van der Waals surface area contributed by atoms with Crippen molar-refractivity contribution in [3.05, 3.63) is 35.4 Å². The van der Waals surface area contributed by atoms with Crippen molar-refractivity contribution in [2.45, 2.75) is 33.1 Å². The molecule has 88 valence electrons. The molecule has 0 aromatic heterocycles. The lowest BCUT2D eigenvalue weighted by Gasteiger charge is -2.08. The SMILES string of the molecule is CO/N=C\C(C)Cc1ccc(C(C)C)cc1. The average molecular weight is 219 g/mol. The minimum atomic E-state index is 0.407. The van der Waals surface area contributed by atoms with Gasteiger partial charge in [0.05, 0.1) is 0 Å². The first-order valence-electron chi connectivity index (χ1n) is 5.79. The van der Waals surface area contributed by atoms with E-state index in [1.54, 1.807) is 7.11 Å². The van der Waals surface area contributed by atoms with Crippen molar-refractivity contribution in [3.63, 3.8) is 0 Å². The van der Waals surface area contributed by atoms with Crippen LogP contribution in [0.4, 0.5) is 0 Å². The molecule has 0 aliphatic rings. The quantitative estimate of drug-likeness (QED) is 0.547. The van der Waals surface area contributed by atoms with Gasteiger partial charge in [0.15, 0.2) is 0 Å². The molecule has 1 unspecified atom stereocenters. The van der Waals surface area contributed by atoms with Crippen LogP contribution in [0.25, 0.3) is 0 Å². The predicted molar refractivity (Wildman–Crippen MR) is 68.9 cm³/mol. The number of hydrogen-bond acceptors (Lipinski definition) is 2. The fourth-order valence-electron chi connectivity index (χ4n) is 1.63. The van der Waals surface area contributed by atoms with E-state index >= 15 is 0 Å². The number of oxime groups is 1. The molecule has 2 heteroatoms. The molecule has 2 nitrogen and oxygen atoms in total. The smallest absolute Gasteiger partial charge is 0.106 e. The van der Waals surface area contributed by atoms with Crippen LogP contribution >= 0.6 is 0 Å². The van der Waals surface area contributed by atoms with Crippen molar-refractivity contribution in [1.29, 1.82) is 0 Å². The summed E-state index contributed by atoms with van der Waals surface area (Å²) in [7, 11) is 1.57. The van der Waals surface area contributed by atoms with Gasteiger partial charge in [0, 0.05) is 6.21 Å². The maximum absolute atomic E-state index is 4.67. The van der Waals surface area contributed by atoms with Crippen LogP contribution in [-0.2, 0) is 11.3 Å². The molecule has 0 spiro atoms. The first-order valence-corrected chi connectivity index (χ1v) is 5.79. The maximum Gasteiger partial charge on any atom is 0.106 e. The topological polar surface area (TPSA) is 21.6 Å². The lowest BCUT2D eigenvalue weighted by molar-refractivity contribution is 0.213. The Balaban J connectivity index is 2.58. The second-order valence-electron chi connectivity index (χ2n) is 4.51. The van der Waals surface area contributed by atoms with Gasteiger partial charge >= 0.3 is 0 Å². The zero-order valence-corrected chi connectivity index (χ0v) is 10.6. The van der Waals surface area contributed by atoms with E-state index in [4.69, 9.17) is 0 Å². The first-order chi connectivity index (χ1) is 7.63. The van der Waals surface area contributed by atoms with Crippen molar-refractivity contribution in [2.24, 2.45) is 11.1 Å². The second-order valence-corrected chi connectivity index (χ2v) is 4.51. The minimum Gasteiger partial charge on any atom is -0.399 e. The summed E-state index contributed by atoms with van der Waals surface area (Å²) in [4.78, 5) is 4.67. The Labute approximate surface area is 98.3 Å². The van der Waals surface area contributed by atoms with Gasteiger partial charge in [0.1, 0.15) is 7.11 Å². The summed E-state index contributed by atoms with van der Waals surface area (Å²) in [6, 6.07) is 8.82. The summed E-state index contributed by atoms with van der Waals surface area (Å²) >= 11 is 0. The van der Waals surface area contributed by atoms with Gasteiger partial charge in [-0.05, 0) is 29.4 Å². The lowest BCUT2D eigenvalue weighted by atomic mass is 9.97. The summed E-state index contributed by atoms with van der Waals surface area (Å²) in [5.41, 5.74) is 2.74. The molecule has 1 rings (SSSR count). The third kappa shape index (κ3) is 4.05. The molecule has 16 heavy (non-hydrogen) atoms. The Hall–Kier alpha value is -1.31. The summed E-state index contributed by atoms with van der Waals surface area (Å²) in [6.45, 7) is 6.56. The molecule has 0 saturated heterocycles. The van der Waals surface area contributed by atoms with Gasteiger partial charge in [0.25, 0.3) is 0 Å². The van der Waals surface area contributed by atoms with Crippen LogP contribution < -0.4 is 0 Å². The highest BCUT2D eigenvalue weighted by Crippen LogP contribution is 2.16. The highest BCUT2D eigenvalue weighted by molar-refractivity contribution is 5.59.